The first kappa shape index (κ1) is 14.5. The lowest BCUT2D eigenvalue weighted by Crippen LogP contribution is -2.32. The highest BCUT2D eigenvalue weighted by Crippen LogP contribution is 2.06. The molecule has 1 rings (SSSR count). The Morgan fingerprint density at radius 1 is 1.39 bits per heavy atom. The third kappa shape index (κ3) is 5.18. The molecule has 0 atom stereocenters. The van der Waals surface area contributed by atoms with Crippen molar-refractivity contribution in [3.63, 3.8) is 0 Å². The number of aromatic nitrogens is 1. The van der Waals surface area contributed by atoms with Crippen LogP contribution in [0.3, 0.4) is 0 Å². The van der Waals surface area contributed by atoms with Crippen molar-refractivity contribution < 1.29 is 14.7 Å². The molecule has 1 N–H and O–H groups in total. The zero-order chi connectivity index (χ0) is 13.4. The molecule has 0 aromatic carbocycles. The van der Waals surface area contributed by atoms with Gasteiger partial charge in [0.15, 0.2) is 0 Å². The van der Waals surface area contributed by atoms with Crippen molar-refractivity contribution in [3.8, 4) is 0 Å². The van der Waals surface area contributed by atoms with Gasteiger partial charge in [-0.3, -0.25) is 14.6 Å². The molecule has 0 bridgehead atoms. The van der Waals surface area contributed by atoms with Crippen molar-refractivity contribution in [3.05, 3.63) is 30.1 Å². The lowest BCUT2D eigenvalue weighted by atomic mass is 10.3. The van der Waals surface area contributed by atoms with Crippen molar-refractivity contribution >= 4 is 23.6 Å². The van der Waals surface area contributed by atoms with Crippen LogP contribution in [0.1, 0.15) is 12.6 Å². The summed E-state index contributed by atoms with van der Waals surface area (Å²) in [5, 5.41) is 8.50. The molecule has 1 amide bonds. The van der Waals surface area contributed by atoms with Crippen molar-refractivity contribution in [2.45, 2.75) is 13.5 Å². The molecule has 0 saturated heterocycles. The molecule has 1 aromatic rings. The average molecular weight is 268 g/mol. The van der Waals surface area contributed by atoms with Crippen molar-refractivity contribution in [1.82, 2.24) is 9.88 Å². The monoisotopic (exact) mass is 268 g/mol. The summed E-state index contributed by atoms with van der Waals surface area (Å²) in [6.07, 6.45) is 1.69. The van der Waals surface area contributed by atoms with Crippen LogP contribution in [0.15, 0.2) is 24.4 Å². The largest absolute Gasteiger partial charge is 0.481 e. The van der Waals surface area contributed by atoms with E-state index in [4.69, 9.17) is 5.11 Å². The molecule has 0 saturated carbocycles. The molecular weight excluding hydrogens is 252 g/mol. The molecule has 5 nitrogen and oxygen atoms in total. The SMILES string of the molecule is CCN(Cc1ccccn1)C(=O)CSCC(=O)O. The van der Waals surface area contributed by atoms with E-state index in [1.54, 1.807) is 11.1 Å². The Morgan fingerprint density at radius 2 is 2.17 bits per heavy atom. The number of pyridine rings is 1. The van der Waals surface area contributed by atoms with Crippen molar-refractivity contribution in [2.24, 2.45) is 0 Å². The second-order valence-corrected chi connectivity index (χ2v) is 4.60. The van der Waals surface area contributed by atoms with Gasteiger partial charge in [0, 0.05) is 12.7 Å². The molecular formula is C12H16N2O3S. The van der Waals surface area contributed by atoms with Gasteiger partial charge in [-0.05, 0) is 19.1 Å². The number of nitrogens with zero attached hydrogens (tertiary/aromatic N) is 2. The second-order valence-electron chi connectivity index (χ2n) is 3.62. The van der Waals surface area contributed by atoms with Crippen LogP contribution in [0.2, 0.25) is 0 Å². The minimum Gasteiger partial charge on any atom is -0.481 e. The van der Waals surface area contributed by atoms with Gasteiger partial charge >= 0.3 is 5.97 Å². The molecule has 0 radical (unpaired) electrons. The summed E-state index contributed by atoms with van der Waals surface area (Å²) in [4.78, 5) is 28.0. The van der Waals surface area contributed by atoms with Gasteiger partial charge in [0.1, 0.15) is 0 Å². The van der Waals surface area contributed by atoms with Gasteiger partial charge < -0.3 is 10.0 Å². The fraction of sp³-hybridized carbons (Fsp3) is 0.417. The maximum atomic E-state index is 11.8. The lowest BCUT2D eigenvalue weighted by molar-refractivity contribution is -0.133. The van der Waals surface area contributed by atoms with Gasteiger partial charge in [-0.1, -0.05) is 6.07 Å². The number of hydrogen-bond donors (Lipinski definition) is 1. The summed E-state index contributed by atoms with van der Waals surface area (Å²) in [6.45, 7) is 2.94. The molecule has 98 valence electrons. The third-order valence-corrected chi connectivity index (χ3v) is 3.17. The second kappa shape index (κ2) is 7.71. The third-order valence-electron chi connectivity index (χ3n) is 2.26. The Hall–Kier alpha value is -1.56. The van der Waals surface area contributed by atoms with Crippen LogP contribution in [0, 0.1) is 0 Å². The van der Waals surface area contributed by atoms with E-state index in [0.717, 1.165) is 17.5 Å². The number of carbonyl (C=O) groups excluding carboxylic acids is 1. The standard InChI is InChI=1S/C12H16N2O3S/c1-2-14(7-10-5-3-4-6-13-10)11(15)8-18-9-12(16)17/h3-6H,2,7-9H2,1H3,(H,16,17). The Balaban J connectivity index is 2.45. The summed E-state index contributed by atoms with van der Waals surface area (Å²) in [7, 11) is 0. The average Bonchev–Trinajstić information content (AvgIpc) is 2.36. The first-order valence-electron chi connectivity index (χ1n) is 5.60. The van der Waals surface area contributed by atoms with Gasteiger partial charge in [0.25, 0.3) is 0 Å². The number of carbonyl (C=O) groups is 2. The van der Waals surface area contributed by atoms with Gasteiger partial charge in [-0.15, -0.1) is 11.8 Å². The number of amides is 1. The van der Waals surface area contributed by atoms with Gasteiger partial charge in [-0.2, -0.15) is 0 Å². The lowest BCUT2D eigenvalue weighted by Gasteiger charge is -2.20. The number of hydrogen-bond acceptors (Lipinski definition) is 4. The summed E-state index contributed by atoms with van der Waals surface area (Å²) in [5.41, 5.74) is 0.830. The summed E-state index contributed by atoms with van der Waals surface area (Å²) >= 11 is 1.11. The van der Waals surface area contributed by atoms with Gasteiger partial charge in [0.2, 0.25) is 5.91 Å². The van der Waals surface area contributed by atoms with Crippen LogP contribution in [0.5, 0.6) is 0 Å². The first-order chi connectivity index (χ1) is 8.63. The molecule has 0 aliphatic rings. The van der Waals surface area contributed by atoms with E-state index in [0.29, 0.717) is 13.1 Å². The van der Waals surface area contributed by atoms with Crippen LogP contribution in [-0.2, 0) is 16.1 Å². The van der Waals surface area contributed by atoms with E-state index in [1.165, 1.54) is 0 Å². The molecule has 0 spiro atoms. The molecule has 0 fully saturated rings. The predicted molar refractivity (Wildman–Crippen MR) is 70.3 cm³/mol. The maximum absolute atomic E-state index is 11.8. The van der Waals surface area contributed by atoms with Crippen molar-refractivity contribution in [1.29, 1.82) is 0 Å². The summed E-state index contributed by atoms with van der Waals surface area (Å²) in [5.74, 6) is -0.824. The smallest absolute Gasteiger partial charge is 0.313 e. The van der Waals surface area contributed by atoms with E-state index >= 15 is 0 Å². The minimum atomic E-state index is -0.902. The normalized spacial score (nSPS) is 10.1. The fourth-order valence-corrected chi connectivity index (χ4v) is 2.01. The predicted octanol–water partition coefficient (Wildman–Crippen LogP) is 1.25. The zero-order valence-corrected chi connectivity index (χ0v) is 11.0. The fourth-order valence-electron chi connectivity index (χ4n) is 1.38. The van der Waals surface area contributed by atoms with E-state index in [2.05, 4.69) is 4.98 Å². The van der Waals surface area contributed by atoms with Crippen LogP contribution in [0.25, 0.3) is 0 Å². The highest BCUT2D eigenvalue weighted by molar-refractivity contribution is 8.00. The molecule has 1 aromatic heterocycles. The van der Waals surface area contributed by atoms with E-state index in [-0.39, 0.29) is 17.4 Å². The minimum absolute atomic E-state index is 0.0487. The number of carboxylic acid groups (broad SMARTS) is 1. The Kier molecular flexibility index (Phi) is 6.21. The molecule has 6 heteroatoms. The first-order valence-corrected chi connectivity index (χ1v) is 6.76. The van der Waals surface area contributed by atoms with Gasteiger partial charge in [-0.25, -0.2) is 0 Å². The van der Waals surface area contributed by atoms with Crippen LogP contribution in [0.4, 0.5) is 0 Å². The number of carboxylic acids is 1. The highest BCUT2D eigenvalue weighted by Gasteiger charge is 2.13. The van der Waals surface area contributed by atoms with Gasteiger partial charge in [0.05, 0.1) is 23.7 Å². The van der Waals surface area contributed by atoms with Crippen molar-refractivity contribution in [2.75, 3.05) is 18.1 Å². The van der Waals surface area contributed by atoms with E-state index in [9.17, 15) is 9.59 Å². The zero-order valence-electron chi connectivity index (χ0n) is 10.2. The molecule has 0 aliphatic heterocycles. The van der Waals surface area contributed by atoms with E-state index in [1.807, 2.05) is 25.1 Å². The maximum Gasteiger partial charge on any atom is 0.313 e. The van der Waals surface area contributed by atoms with Crippen LogP contribution < -0.4 is 0 Å². The molecule has 1 heterocycles. The van der Waals surface area contributed by atoms with Crippen LogP contribution in [-0.4, -0.2) is 44.9 Å². The number of rotatable bonds is 7. The topological polar surface area (TPSA) is 70.5 Å². The Bertz CT molecular complexity index is 398. The Morgan fingerprint density at radius 3 is 2.72 bits per heavy atom. The molecule has 0 unspecified atom stereocenters. The van der Waals surface area contributed by atoms with E-state index < -0.39 is 5.97 Å². The number of aliphatic carboxylic acids is 1. The Labute approximate surface area is 110 Å². The molecule has 18 heavy (non-hydrogen) atoms. The molecule has 0 aliphatic carbocycles. The van der Waals surface area contributed by atoms with Crippen LogP contribution >= 0.6 is 11.8 Å². The number of thioether (sulfide) groups is 1. The quantitative estimate of drug-likeness (QED) is 0.806. The highest BCUT2D eigenvalue weighted by atomic mass is 32.2. The summed E-state index contributed by atoms with van der Waals surface area (Å²) < 4.78 is 0. The summed E-state index contributed by atoms with van der Waals surface area (Å²) in [6, 6.07) is 5.56.